The molecule has 1 aromatic carbocycles. The van der Waals surface area contributed by atoms with E-state index in [1.807, 2.05) is 0 Å². The third-order valence-corrected chi connectivity index (χ3v) is 4.07. The summed E-state index contributed by atoms with van der Waals surface area (Å²) in [6, 6.07) is 6.86. The Hall–Kier alpha value is -1.48. The molecule has 0 amide bonds. The van der Waals surface area contributed by atoms with Crippen LogP contribution in [0.1, 0.15) is 15.9 Å². The van der Waals surface area contributed by atoms with E-state index in [-0.39, 0.29) is 13.2 Å². The molecule has 0 saturated carbocycles. The van der Waals surface area contributed by atoms with Crippen LogP contribution >= 0.6 is 7.60 Å². The average Bonchev–Trinajstić information content (AvgIpc) is 2.42. The van der Waals surface area contributed by atoms with Gasteiger partial charge >= 0.3 is 7.60 Å². The van der Waals surface area contributed by atoms with Crippen molar-refractivity contribution in [2.24, 2.45) is 0 Å². The van der Waals surface area contributed by atoms with Gasteiger partial charge in [0.25, 0.3) is 5.52 Å². The van der Waals surface area contributed by atoms with Gasteiger partial charge in [-0.05, 0) is 12.5 Å². The maximum absolute atomic E-state index is 12.5. The first-order chi connectivity index (χ1) is 9.05. The van der Waals surface area contributed by atoms with Crippen molar-refractivity contribution in [3.8, 4) is 0 Å². The maximum atomic E-state index is 12.5. The topological polar surface area (TPSA) is 52.6 Å². The van der Waals surface area contributed by atoms with E-state index in [2.05, 4.69) is 13.2 Å². The van der Waals surface area contributed by atoms with Crippen LogP contribution in [-0.4, -0.2) is 18.7 Å². The predicted octanol–water partition coefficient (Wildman–Crippen LogP) is 3.73. The van der Waals surface area contributed by atoms with E-state index < -0.39 is 13.1 Å². The van der Waals surface area contributed by atoms with Gasteiger partial charge in [-0.3, -0.25) is 18.4 Å². The van der Waals surface area contributed by atoms with E-state index in [0.29, 0.717) is 5.56 Å². The molecule has 4 nitrogen and oxygen atoms in total. The second-order valence-electron chi connectivity index (χ2n) is 3.79. The van der Waals surface area contributed by atoms with Gasteiger partial charge in [0, 0.05) is 5.56 Å². The molecule has 0 aliphatic rings. The highest BCUT2D eigenvalue weighted by Crippen LogP contribution is 2.51. The van der Waals surface area contributed by atoms with Crippen molar-refractivity contribution < 1.29 is 18.4 Å². The fourth-order valence-electron chi connectivity index (χ4n) is 1.42. The molecule has 0 aromatic heterocycles. The zero-order chi connectivity index (χ0) is 14.3. The van der Waals surface area contributed by atoms with Crippen molar-refractivity contribution in [3.05, 3.63) is 60.7 Å². The molecule has 0 radical (unpaired) electrons. The van der Waals surface area contributed by atoms with Crippen LogP contribution in [0.2, 0.25) is 0 Å². The van der Waals surface area contributed by atoms with E-state index in [1.54, 1.807) is 31.2 Å². The number of aryl methyl sites for hydroxylation is 1. The fraction of sp³-hybridized carbons (Fsp3) is 0.214. The van der Waals surface area contributed by atoms with Crippen LogP contribution in [0.5, 0.6) is 0 Å². The highest BCUT2D eigenvalue weighted by atomic mass is 31.2. The number of carbonyl (C=O) groups excluding carboxylic acids is 1. The molecular weight excluding hydrogens is 263 g/mol. The van der Waals surface area contributed by atoms with Gasteiger partial charge in [0.1, 0.15) is 0 Å². The summed E-state index contributed by atoms with van der Waals surface area (Å²) < 4.78 is 22.6. The summed E-state index contributed by atoms with van der Waals surface area (Å²) in [5.74, 6) is 0. The minimum absolute atomic E-state index is 0.0218. The van der Waals surface area contributed by atoms with E-state index in [4.69, 9.17) is 9.05 Å². The van der Waals surface area contributed by atoms with Crippen molar-refractivity contribution in [1.82, 2.24) is 0 Å². The lowest BCUT2D eigenvalue weighted by Gasteiger charge is -2.16. The monoisotopic (exact) mass is 280 g/mol. The Morgan fingerprint density at radius 3 is 2.21 bits per heavy atom. The molecule has 0 N–H and O–H groups in total. The van der Waals surface area contributed by atoms with Gasteiger partial charge in [0.05, 0.1) is 13.2 Å². The van der Waals surface area contributed by atoms with Crippen LogP contribution in [0.3, 0.4) is 0 Å². The largest absolute Gasteiger partial charge is 0.402 e. The lowest BCUT2D eigenvalue weighted by molar-refractivity contribution is 0.101. The van der Waals surface area contributed by atoms with Gasteiger partial charge in [-0.1, -0.05) is 36.4 Å². The first-order valence-electron chi connectivity index (χ1n) is 5.76. The van der Waals surface area contributed by atoms with Gasteiger partial charge in [-0.15, -0.1) is 13.2 Å². The summed E-state index contributed by atoms with van der Waals surface area (Å²) in [5.41, 5.74) is 0.408. The highest BCUT2D eigenvalue weighted by molar-refractivity contribution is 7.72. The minimum Gasteiger partial charge on any atom is -0.299 e. The van der Waals surface area contributed by atoms with Crippen molar-refractivity contribution in [2.75, 3.05) is 13.2 Å². The molecule has 0 spiro atoms. The van der Waals surface area contributed by atoms with Crippen molar-refractivity contribution in [1.29, 1.82) is 0 Å². The van der Waals surface area contributed by atoms with Crippen LogP contribution in [0.15, 0.2) is 49.6 Å². The van der Waals surface area contributed by atoms with Crippen molar-refractivity contribution >= 4 is 13.1 Å². The first-order valence-corrected chi connectivity index (χ1v) is 7.31. The Labute approximate surface area is 113 Å². The quantitative estimate of drug-likeness (QED) is 0.537. The number of hydrogen-bond acceptors (Lipinski definition) is 4. The SMILES string of the molecule is C=CCOP(=O)(OCC=C)C(=O)c1ccccc1C. The molecule has 19 heavy (non-hydrogen) atoms. The molecule has 0 unspecified atom stereocenters. The smallest absolute Gasteiger partial charge is 0.299 e. The lowest BCUT2D eigenvalue weighted by Crippen LogP contribution is -2.09. The zero-order valence-electron chi connectivity index (χ0n) is 10.9. The maximum Gasteiger partial charge on any atom is 0.402 e. The molecule has 5 heteroatoms. The summed E-state index contributed by atoms with van der Waals surface area (Å²) in [7, 11) is -3.87. The van der Waals surface area contributed by atoms with Gasteiger partial charge in [-0.25, -0.2) is 0 Å². The Bertz CT molecular complexity index is 506. The Morgan fingerprint density at radius 1 is 1.21 bits per heavy atom. The van der Waals surface area contributed by atoms with E-state index in [1.165, 1.54) is 12.2 Å². The van der Waals surface area contributed by atoms with Gasteiger partial charge in [0.2, 0.25) is 0 Å². The summed E-state index contributed by atoms with van der Waals surface area (Å²) in [6.45, 7) is 8.64. The molecule has 0 saturated heterocycles. The number of benzene rings is 1. The molecular formula is C14H17O4P. The Balaban J connectivity index is 3.06. The molecule has 0 heterocycles. The highest BCUT2D eigenvalue weighted by Gasteiger charge is 2.36. The van der Waals surface area contributed by atoms with Crippen LogP contribution in [0.4, 0.5) is 0 Å². The molecule has 0 aliphatic heterocycles. The van der Waals surface area contributed by atoms with Crippen molar-refractivity contribution in [2.45, 2.75) is 6.92 Å². The van der Waals surface area contributed by atoms with Crippen LogP contribution in [-0.2, 0) is 13.6 Å². The normalized spacial score (nSPS) is 11.0. The number of carbonyl (C=O) groups is 1. The minimum atomic E-state index is -3.87. The zero-order valence-corrected chi connectivity index (χ0v) is 11.8. The summed E-state index contributed by atoms with van der Waals surface area (Å²) >= 11 is 0. The molecule has 1 aromatic rings. The summed E-state index contributed by atoms with van der Waals surface area (Å²) in [5, 5.41) is 0. The van der Waals surface area contributed by atoms with E-state index in [9.17, 15) is 9.36 Å². The fourth-order valence-corrected chi connectivity index (χ4v) is 2.87. The number of hydrogen-bond donors (Lipinski definition) is 0. The van der Waals surface area contributed by atoms with Crippen LogP contribution < -0.4 is 0 Å². The third kappa shape index (κ3) is 4.00. The van der Waals surface area contributed by atoms with Crippen molar-refractivity contribution in [3.63, 3.8) is 0 Å². The molecule has 0 aliphatic carbocycles. The van der Waals surface area contributed by atoms with Crippen LogP contribution in [0.25, 0.3) is 0 Å². The second-order valence-corrected chi connectivity index (χ2v) is 5.70. The average molecular weight is 280 g/mol. The molecule has 1 rings (SSSR count). The molecule has 0 bridgehead atoms. The second kappa shape index (κ2) is 7.19. The van der Waals surface area contributed by atoms with Crippen LogP contribution in [0, 0.1) is 6.92 Å². The summed E-state index contributed by atoms with van der Waals surface area (Å²) in [4.78, 5) is 12.3. The summed E-state index contributed by atoms with van der Waals surface area (Å²) in [6.07, 6.45) is 2.82. The van der Waals surface area contributed by atoms with E-state index >= 15 is 0 Å². The Kier molecular flexibility index (Phi) is 5.90. The van der Waals surface area contributed by atoms with Gasteiger partial charge in [-0.2, -0.15) is 0 Å². The molecule has 0 atom stereocenters. The third-order valence-electron chi connectivity index (χ3n) is 2.35. The molecule has 102 valence electrons. The number of rotatable bonds is 8. The predicted molar refractivity (Wildman–Crippen MR) is 75.4 cm³/mol. The molecule has 0 fully saturated rings. The first kappa shape index (κ1) is 15.6. The lowest BCUT2D eigenvalue weighted by atomic mass is 10.1. The van der Waals surface area contributed by atoms with Gasteiger partial charge in [0.15, 0.2) is 0 Å². The Morgan fingerprint density at radius 2 is 1.74 bits per heavy atom. The standard InChI is InChI=1S/C14H17O4P/c1-4-10-17-19(16,18-11-5-2)14(15)13-9-7-6-8-12(13)3/h4-9H,1-2,10-11H2,3H3. The van der Waals surface area contributed by atoms with E-state index in [0.717, 1.165) is 5.56 Å². The van der Waals surface area contributed by atoms with Gasteiger partial charge < -0.3 is 0 Å².